The number of ether oxygens (including phenoxy) is 2. The Morgan fingerprint density at radius 2 is 1.82 bits per heavy atom. The van der Waals surface area contributed by atoms with Gasteiger partial charge in [0.25, 0.3) is 0 Å². The van der Waals surface area contributed by atoms with Gasteiger partial charge in [-0.3, -0.25) is 0 Å². The first-order chi connectivity index (χ1) is 5.20. The molecule has 2 rings (SSSR count). The third-order valence-electron chi connectivity index (χ3n) is 2.11. The van der Waals surface area contributed by atoms with Crippen molar-refractivity contribution < 1.29 is 24.8 Å². The number of hydrogen-bond acceptors (Lipinski definition) is 5. The van der Waals surface area contributed by atoms with Crippen molar-refractivity contribution in [2.24, 2.45) is 0 Å². The summed E-state index contributed by atoms with van der Waals surface area (Å²) in [5, 5.41) is 27.5. The lowest BCUT2D eigenvalue weighted by Gasteiger charge is -2.31. The third kappa shape index (κ3) is 0.969. The maximum atomic E-state index is 9.28. The van der Waals surface area contributed by atoms with E-state index in [4.69, 9.17) is 14.6 Å². The van der Waals surface area contributed by atoms with Gasteiger partial charge in [0.15, 0.2) is 6.29 Å². The summed E-state index contributed by atoms with van der Waals surface area (Å²) in [5.74, 6) is 0. The van der Waals surface area contributed by atoms with Gasteiger partial charge in [-0.1, -0.05) is 0 Å². The van der Waals surface area contributed by atoms with E-state index in [1.165, 1.54) is 0 Å². The van der Waals surface area contributed by atoms with Crippen LogP contribution in [0.15, 0.2) is 0 Å². The van der Waals surface area contributed by atoms with E-state index in [9.17, 15) is 10.2 Å². The molecule has 2 saturated heterocycles. The highest BCUT2D eigenvalue weighted by Crippen LogP contribution is 2.28. The van der Waals surface area contributed by atoms with Gasteiger partial charge in [0.1, 0.15) is 24.4 Å². The van der Waals surface area contributed by atoms with Crippen molar-refractivity contribution in [2.45, 2.75) is 30.7 Å². The molecular weight excluding hydrogens is 152 g/mol. The van der Waals surface area contributed by atoms with E-state index in [1.807, 2.05) is 0 Å². The smallest absolute Gasteiger partial charge is 0.184 e. The highest BCUT2D eigenvalue weighted by atomic mass is 16.7. The second-order valence-electron chi connectivity index (χ2n) is 2.84. The summed E-state index contributed by atoms with van der Waals surface area (Å²) in [7, 11) is 0. The lowest BCUT2D eigenvalue weighted by atomic mass is 10.0. The van der Waals surface area contributed by atoms with Gasteiger partial charge in [-0.15, -0.1) is 0 Å². The second kappa shape index (κ2) is 2.40. The van der Waals surface area contributed by atoms with Crippen LogP contribution in [0.5, 0.6) is 0 Å². The lowest BCUT2D eigenvalue weighted by Crippen LogP contribution is -2.52. The molecule has 0 spiro atoms. The minimum atomic E-state index is -1.23. The minimum Gasteiger partial charge on any atom is -0.387 e. The Morgan fingerprint density at radius 1 is 1.09 bits per heavy atom. The Morgan fingerprint density at radius 3 is 2.55 bits per heavy atom. The molecule has 3 N–H and O–H groups in total. The molecule has 0 saturated carbocycles. The maximum absolute atomic E-state index is 9.28. The van der Waals surface area contributed by atoms with Crippen LogP contribution < -0.4 is 0 Å². The number of fused-ring (bicyclic) bond motifs is 2. The summed E-state index contributed by atoms with van der Waals surface area (Å²) in [5.41, 5.74) is 0. The molecule has 0 aromatic rings. The van der Waals surface area contributed by atoms with Gasteiger partial charge < -0.3 is 24.8 Å². The van der Waals surface area contributed by atoms with Crippen molar-refractivity contribution in [1.82, 2.24) is 0 Å². The summed E-state index contributed by atoms with van der Waals surface area (Å²) in [6.45, 7) is 0.236. The molecule has 0 aliphatic carbocycles. The Kier molecular flexibility index (Phi) is 1.62. The Labute approximate surface area is 63.2 Å². The van der Waals surface area contributed by atoms with Gasteiger partial charge in [-0.2, -0.15) is 0 Å². The summed E-state index contributed by atoms with van der Waals surface area (Å²) < 4.78 is 9.82. The van der Waals surface area contributed by atoms with E-state index in [1.54, 1.807) is 0 Å². The molecule has 5 atom stereocenters. The van der Waals surface area contributed by atoms with Crippen LogP contribution in [0.2, 0.25) is 0 Å². The Bertz CT molecular complexity index is 161. The molecule has 0 aromatic heterocycles. The molecule has 5 heteroatoms. The highest BCUT2D eigenvalue weighted by molar-refractivity contribution is 4.94. The standard InChI is InChI=1S/C6H10O5/c7-3-2-1-10-5(3)4(8)6(9)11-2/h2-9H,1H2/t2-,3-,4-,5-,6?/m1/s1. The van der Waals surface area contributed by atoms with Crippen molar-refractivity contribution in [1.29, 1.82) is 0 Å². The first kappa shape index (κ1) is 7.45. The van der Waals surface area contributed by atoms with E-state index in [0.29, 0.717) is 0 Å². The fourth-order valence-corrected chi connectivity index (χ4v) is 1.46. The quantitative estimate of drug-likeness (QED) is 0.377. The minimum absolute atomic E-state index is 0.236. The van der Waals surface area contributed by atoms with Crippen molar-refractivity contribution in [3.8, 4) is 0 Å². The summed E-state index contributed by atoms with van der Waals surface area (Å²) in [6, 6.07) is 0. The van der Waals surface area contributed by atoms with Crippen LogP contribution in [0.25, 0.3) is 0 Å². The molecule has 2 aliphatic heterocycles. The largest absolute Gasteiger partial charge is 0.387 e. The number of aliphatic hydroxyl groups is 3. The molecule has 2 aliphatic rings. The SMILES string of the molecule is OC1O[C@@H]2CO[C@H]([C@@H]2O)[C@H]1O. The average Bonchev–Trinajstić information content (AvgIpc) is 2.23. The van der Waals surface area contributed by atoms with E-state index in [2.05, 4.69) is 0 Å². The van der Waals surface area contributed by atoms with Crippen LogP contribution in [0.1, 0.15) is 0 Å². The lowest BCUT2D eigenvalue weighted by molar-refractivity contribution is -0.242. The van der Waals surface area contributed by atoms with Crippen LogP contribution in [0.4, 0.5) is 0 Å². The van der Waals surface area contributed by atoms with Gasteiger partial charge in [0.2, 0.25) is 0 Å². The maximum Gasteiger partial charge on any atom is 0.184 e. The zero-order chi connectivity index (χ0) is 8.01. The fourth-order valence-electron chi connectivity index (χ4n) is 1.46. The van der Waals surface area contributed by atoms with E-state index in [0.717, 1.165) is 0 Å². The number of aliphatic hydroxyl groups excluding tert-OH is 3. The van der Waals surface area contributed by atoms with Crippen molar-refractivity contribution >= 4 is 0 Å². The van der Waals surface area contributed by atoms with E-state index in [-0.39, 0.29) is 6.61 Å². The summed E-state index contributed by atoms with van der Waals surface area (Å²) in [6.07, 6.45) is -4.35. The fraction of sp³-hybridized carbons (Fsp3) is 1.00. The highest BCUT2D eigenvalue weighted by Gasteiger charge is 2.49. The molecule has 64 valence electrons. The van der Waals surface area contributed by atoms with Crippen LogP contribution in [0, 0.1) is 0 Å². The van der Waals surface area contributed by atoms with Crippen LogP contribution in [-0.4, -0.2) is 52.6 Å². The van der Waals surface area contributed by atoms with Crippen molar-refractivity contribution in [2.75, 3.05) is 6.61 Å². The zero-order valence-corrected chi connectivity index (χ0v) is 5.75. The first-order valence-electron chi connectivity index (χ1n) is 3.51. The van der Waals surface area contributed by atoms with Gasteiger partial charge in [0.05, 0.1) is 6.61 Å². The van der Waals surface area contributed by atoms with Crippen LogP contribution >= 0.6 is 0 Å². The molecule has 0 amide bonds. The first-order valence-corrected chi connectivity index (χ1v) is 3.51. The number of hydrogen-bond donors (Lipinski definition) is 3. The zero-order valence-electron chi connectivity index (χ0n) is 5.75. The van der Waals surface area contributed by atoms with Gasteiger partial charge >= 0.3 is 0 Å². The second-order valence-corrected chi connectivity index (χ2v) is 2.84. The summed E-state index contributed by atoms with van der Waals surface area (Å²) >= 11 is 0. The molecular formula is C6H10O5. The molecule has 5 nitrogen and oxygen atoms in total. The third-order valence-corrected chi connectivity index (χ3v) is 2.11. The monoisotopic (exact) mass is 162 g/mol. The molecule has 2 bridgehead atoms. The van der Waals surface area contributed by atoms with Gasteiger partial charge in [-0.25, -0.2) is 0 Å². The topological polar surface area (TPSA) is 79.2 Å². The van der Waals surface area contributed by atoms with Crippen LogP contribution in [0.3, 0.4) is 0 Å². The molecule has 2 heterocycles. The molecule has 11 heavy (non-hydrogen) atoms. The number of rotatable bonds is 0. The normalized spacial score (nSPS) is 56.5. The molecule has 0 aromatic carbocycles. The van der Waals surface area contributed by atoms with Crippen molar-refractivity contribution in [3.63, 3.8) is 0 Å². The van der Waals surface area contributed by atoms with Crippen LogP contribution in [-0.2, 0) is 9.47 Å². The van der Waals surface area contributed by atoms with E-state index < -0.39 is 30.7 Å². The predicted molar refractivity (Wildman–Crippen MR) is 32.6 cm³/mol. The van der Waals surface area contributed by atoms with Gasteiger partial charge in [-0.05, 0) is 0 Å². The average molecular weight is 162 g/mol. The Hall–Kier alpha value is -0.200. The molecule has 2 fully saturated rings. The molecule has 1 unspecified atom stereocenters. The predicted octanol–water partition coefficient (Wildman–Crippen LogP) is -2.18. The van der Waals surface area contributed by atoms with Crippen molar-refractivity contribution in [3.05, 3.63) is 0 Å². The van der Waals surface area contributed by atoms with E-state index >= 15 is 0 Å². The molecule has 0 radical (unpaired) electrons. The summed E-state index contributed by atoms with van der Waals surface area (Å²) in [4.78, 5) is 0. The Balaban J connectivity index is 2.16. The van der Waals surface area contributed by atoms with Gasteiger partial charge in [0, 0.05) is 0 Å².